The standard InChI is InChI=1S/C20H23BrN2/c21-16-5-1-3-13(9-16)10-20-15-7-8-17(23-20)12-18-14(11-15)4-2-6-19(18)22/h1-6,9,15,17,20,23H,7-8,10-12,22H2/t15-,17+,20-/m1/s1. The summed E-state index contributed by atoms with van der Waals surface area (Å²) >= 11 is 3.59. The van der Waals surface area contributed by atoms with E-state index in [2.05, 4.69) is 57.6 Å². The van der Waals surface area contributed by atoms with Gasteiger partial charge in [-0.15, -0.1) is 0 Å². The number of anilines is 1. The summed E-state index contributed by atoms with van der Waals surface area (Å²) in [5.74, 6) is 0.700. The van der Waals surface area contributed by atoms with E-state index in [-0.39, 0.29) is 0 Å². The number of nitrogens with two attached hydrogens (primary N) is 1. The van der Waals surface area contributed by atoms with Crippen LogP contribution in [0.1, 0.15) is 29.5 Å². The summed E-state index contributed by atoms with van der Waals surface area (Å²) < 4.78 is 1.17. The van der Waals surface area contributed by atoms with Gasteiger partial charge in [0, 0.05) is 22.2 Å². The largest absolute Gasteiger partial charge is 0.398 e. The maximum atomic E-state index is 6.24. The Kier molecular flexibility index (Phi) is 4.16. The lowest BCUT2D eigenvalue weighted by Crippen LogP contribution is -2.51. The molecule has 0 amide bonds. The Balaban J connectivity index is 1.60. The van der Waals surface area contributed by atoms with Gasteiger partial charge in [0.05, 0.1) is 0 Å². The van der Waals surface area contributed by atoms with Gasteiger partial charge in [-0.2, -0.15) is 0 Å². The van der Waals surface area contributed by atoms with Crippen LogP contribution in [0.5, 0.6) is 0 Å². The van der Waals surface area contributed by atoms with Crippen LogP contribution in [0, 0.1) is 5.92 Å². The minimum Gasteiger partial charge on any atom is -0.398 e. The van der Waals surface area contributed by atoms with Gasteiger partial charge in [-0.25, -0.2) is 0 Å². The topological polar surface area (TPSA) is 38.0 Å². The third-order valence-corrected chi connectivity index (χ3v) is 5.98. The van der Waals surface area contributed by atoms with Crippen LogP contribution in [0.2, 0.25) is 0 Å². The average Bonchev–Trinajstić information content (AvgIpc) is 2.50. The van der Waals surface area contributed by atoms with Crippen molar-refractivity contribution in [1.82, 2.24) is 5.32 Å². The highest BCUT2D eigenvalue weighted by atomic mass is 79.9. The maximum Gasteiger partial charge on any atom is 0.0349 e. The summed E-state index contributed by atoms with van der Waals surface area (Å²) in [4.78, 5) is 0. The molecule has 3 atom stereocenters. The van der Waals surface area contributed by atoms with Crippen LogP contribution in [-0.4, -0.2) is 12.1 Å². The monoisotopic (exact) mass is 370 g/mol. The molecular formula is C20H23BrN2. The molecule has 0 radical (unpaired) electrons. The number of rotatable bonds is 2. The highest BCUT2D eigenvalue weighted by Crippen LogP contribution is 2.34. The molecule has 2 heterocycles. The molecule has 1 saturated heterocycles. The van der Waals surface area contributed by atoms with Crippen LogP contribution in [0.4, 0.5) is 5.69 Å². The molecule has 0 aromatic heterocycles. The van der Waals surface area contributed by atoms with Crippen molar-refractivity contribution < 1.29 is 0 Å². The van der Waals surface area contributed by atoms with Crippen molar-refractivity contribution in [3.05, 3.63) is 63.6 Å². The first-order chi connectivity index (χ1) is 11.2. The number of hydrogen-bond acceptors (Lipinski definition) is 2. The van der Waals surface area contributed by atoms with E-state index < -0.39 is 0 Å². The zero-order valence-corrected chi connectivity index (χ0v) is 14.9. The fourth-order valence-electron chi connectivity index (χ4n) is 4.31. The van der Waals surface area contributed by atoms with Gasteiger partial charge in [0.1, 0.15) is 0 Å². The third-order valence-electron chi connectivity index (χ3n) is 5.49. The Morgan fingerprint density at radius 1 is 1.09 bits per heavy atom. The van der Waals surface area contributed by atoms with E-state index in [0.29, 0.717) is 18.0 Å². The van der Waals surface area contributed by atoms with E-state index in [1.165, 1.54) is 34.0 Å². The van der Waals surface area contributed by atoms with Crippen molar-refractivity contribution in [3.63, 3.8) is 0 Å². The zero-order chi connectivity index (χ0) is 15.8. The number of benzene rings is 2. The summed E-state index contributed by atoms with van der Waals surface area (Å²) in [5, 5.41) is 3.92. The summed E-state index contributed by atoms with van der Waals surface area (Å²) in [6, 6.07) is 16.3. The quantitative estimate of drug-likeness (QED) is 0.780. The predicted octanol–water partition coefficient (Wildman–Crippen LogP) is 4.11. The van der Waals surface area contributed by atoms with Crippen molar-refractivity contribution in [2.24, 2.45) is 5.92 Å². The molecule has 23 heavy (non-hydrogen) atoms. The van der Waals surface area contributed by atoms with Crippen molar-refractivity contribution >= 4 is 21.6 Å². The van der Waals surface area contributed by atoms with Crippen molar-refractivity contribution in [3.8, 4) is 0 Å². The van der Waals surface area contributed by atoms with Crippen LogP contribution in [0.25, 0.3) is 0 Å². The number of nitrogens with one attached hydrogen (secondary N) is 1. The van der Waals surface area contributed by atoms with E-state index in [1.54, 1.807) is 0 Å². The third kappa shape index (κ3) is 3.17. The van der Waals surface area contributed by atoms with Crippen LogP contribution in [-0.2, 0) is 19.3 Å². The van der Waals surface area contributed by atoms with Gasteiger partial charge < -0.3 is 11.1 Å². The molecule has 0 spiro atoms. The SMILES string of the molecule is Nc1cccc2c1C[C@@H]1CC[C@H](C2)[C@@H](Cc2cccc(Br)c2)N1. The molecule has 0 unspecified atom stereocenters. The van der Waals surface area contributed by atoms with Gasteiger partial charge in [0.2, 0.25) is 0 Å². The number of hydrogen-bond donors (Lipinski definition) is 2. The van der Waals surface area contributed by atoms with Crippen LogP contribution >= 0.6 is 15.9 Å². The molecule has 0 saturated carbocycles. The molecule has 3 N–H and O–H groups in total. The van der Waals surface area contributed by atoms with Gasteiger partial charge >= 0.3 is 0 Å². The number of nitrogen functional groups attached to an aromatic ring is 1. The van der Waals surface area contributed by atoms with Crippen LogP contribution < -0.4 is 11.1 Å². The van der Waals surface area contributed by atoms with Gasteiger partial charge in [0.15, 0.2) is 0 Å². The molecule has 2 nitrogen and oxygen atoms in total. The summed E-state index contributed by atoms with van der Waals surface area (Å²) in [6.45, 7) is 0. The van der Waals surface area contributed by atoms with E-state index in [4.69, 9.17) is 5.73 Å². The minimum atomic E-state index is 0.562. The number of fused-ring (bicyclic) bond motifs is 2. The molecular weight excluding hydrogens is 348 g/mol. The van der Waals surface area contributed by atoms with Gasteiger partial charge in [-0.1, -0.05) is 40.2 Å². The Morgan fingerprint density at radius 3 is 2.83 bits per heavy atom. The molecule has 2 aromatic rings. The van der Waals surface area contributed by atoms with Crippen molar-refractivity contribution in [2.75, 3.05) is 5.73 Å². The van der Waals surface area contributed by atoms with Crippen LogP contribution in [0.15, 0.2) is 46.9 Å². The van der Waals surface area contributed by atoms with Gasteiger partial charge in [0.25, 0.3) is 0 Å². The summed E-state index contributed by atoms with van der Waals surface area (Å²) in [6.07, 6.45) is 5.93. The van der Waals surface area contributed by atoms with E-state index >= 15 is 0 Å². The zero-order valence-electron chi connectivity index (χ0n) is 13.3. The maximum absolute atomic E-state index is 6.24. The molecule has 2 bridgehead atoms. The molecule has 2 aliphatic heterocycles. The normalized spacial score (nSPS) is 26.4. The average molecular weight is 371 g/mol. The summed E-state index contributed by atoms with van der Waals surface area (Å²) in [5.41, 5.74) is 11.5. The lowest BCUT2D eigenvalue weighted by molar-refractivity contribution is 0.217. The molecule has 2 aromatic carbocycles. The molecule has 1 fully saturated rings. The second kappa shape index (κ2) is 6.29. The second-order valence-electron chi connectivity index (χ2n) is 7.03. The fourth-order valence-corrected chi connectivity index (χ4v) is 4.76. The van der Waals surface area contributed by atoms with Gasteiger partial charge in [-0.3, -0.25) is 0 Å². The minimum absolute atomic E-state index is 0.562. The lowest BCUT2D eigenvalue weighted by atomic mass is 9.75. The number of piperidine rings is 1. The molecule has 3 aliphatic rings. The lowest BCUT2D eigenvalue weighted by Gasteiger charge is -2.41. The first kappa shape index (κ1) is 15.2. The first-order valence-corrected chi connectivity index (χ1v) is 9.35. The van der Waals surface area contributed by atoms with E-state index in [9.17, 15) is 0 Å². The highest BCUT2D eigenvalue weighted by Gasteiger charge is 2.33. The smallest absolute Gasteiger partial charge is 0.0349 e. The van der Waals surface area contributed by atoms with Crippen molar-refractivity contribution in [2.45, 2.75) is 44.2 Å². The van der Waals surface area contributed by atoms with Crippen LogP contribution in [0.3, 0.4) is 0 Å². The first-order valence-electron chi connectivity index (χ1n) is 8.56. The highest BCUT2D eigenvalue weighted by molar-refractivity contribution is 9.10. The molecule has 1 aliphatic carbocycles. The Labute approximate surface area is 146 Å². The van der Waals surface area contributed by atoms with Gasteiger partial charge in [-0.05, 0) is 72.9 Å². The molecule has 5 rings (SSSR count). The Bertz CT molecular complexity index is 713. The number of halogens is 1. The Hall–Kier alpha value is -1.32. The summed E-state index contributed by atoms with van der Waals surface area (Å²) in [7, 11) is 0. The second-order valence-corrected chi connectivity index (χ2v) is 7.95. The van der Waals surface area contributed by atoms with Crippen molar-refractivity contribution in [1.29, 1.82) is 0 Å². The van der Waals surface area contributed by atoms with E-state index in [0.717, 1.165) is 24.9 Å². The Morgan fingerprint density at radius 2 is 1.96 bits per heavy atom. The molecule has 120 valence electrons. The fraction of sp³-hybridized carbons (Fsp3) is 0.400. The molecule has 3 heteroatoms. The predicted molar refractivity (Wildman–Crippen MR) is 99.5 cm³/mol. The van der Waals surface area contributed by atoms with E-state index in [1.807, 2.05) is 6.07 Å².